The van der Waals surface area contributed by atoms with Crippen molar-refractivity contribution in [2.75, 3.05) is 0 Å². The van der Waals surface area contributed by atoms with E-state index in [1.807, 2.05) is 11.3 Å². The number of nitrogens with one attached hydrogen (secondary N) is 1. The van der Waals surface area contributed by atoms with E-state index in [-0.39, 0.29) is 0 Å². The minimum absolute atomic E-state index is 0.486. The van der Waals surface area contributed by atoms with Gasteiger partial charge in [0.2, 0.25) is 0 Å². The van der Waals surface area contributed by atoms with Gasteiger partial charge in [0.05, 0.1) is 0 Å². The van der Waals surface area contributed by atoms with E-state index in [1.165, 1.54) is 35.4 Å². The molecule has 0 spiro atoms. The molecule has 0 aliphatic heterocycles. The van der Waals surface area contributed by atoms with Crippen LogP contribution in [0.25, 0.3) is 0 Å². The molecule has 1 fully saturated rings. The van der Waals surface area contributed by atoms with Crippen molar-refractivity contribution in [3.63, 3.8) is 0 Å². The number of aryl methyl sites for hydroxylation is 1. The lowest BCUT2D eigenvalue weighted by atomic mass is 9.87. The highest BCUT2D eigenvalue weighted by molar-refractivity contribution is 7.11. The first-order chi connectivity index (χ1) is 7.97. The van der Waals surface area contributed by atoms with Crippen LogP contribution in [0.15, 0.2) is 12.1 Å². The lowest BCUT2D eigenvalue weighted by Crippen LogP contribution is -2.43. The first kappa shape index (κ1) is 13.1. The van der Waals surface area contributed by atoms with Crippen molar-refractivity contribution in [3.05, 3.63) is 21.9 Å². The van der Waals surface area contributed by atoms with Gasteiger partial charge in [-0.1, -0.05) is 20.3 Å². The highest BCUT2D eigenvalue weighted by Gasteiger charge is 2.34. The summed E-state index contributed by atoms with van der Waals surface area (Å²) in [6, 6.07) is 5.80. The molecule has 1 heterocycles. The molecule has 0 saturated heterocycles. The zero-order chi connectivity index (χ0) is 12.5. The molecule has 1 aromatic heterocycles. The Kier molecular flexibility index (Phi) is 3.94. The average molecular weight is 251 g/mol. The third-order valence-electron chi connectivity index (χ3n) is 4.05. The molecule has 1 aliphatic carbocycles. The fraction of sp³-hybridized carbons (Fsp3) is 0.733. The van der Waals surface area contributed by atoms with Gasteiger partial charge in [0.1, 0.15) is 0 Å². The second kappa shape index (κ2) is 5.11. The highest BCUT2D eigenvalue weighted by Crippen LogP contribution is 2.37. The normalized spacial score (nSPS) is 25.1. The fourth-order valence-corrected chi connectivity index (χ4v) is 3.95. The highest BCUT2D eigenvalue weighted by atomic mass is 32.1. The van der Waals surface area contributed by atoms with Gasteiger partial charge in [-0.15, -0.1) is 11.3 Å². The molecule has 0 radical (unpaired) electrons. The molecule has 1 nitrogen and oxygen atoms in total. The second-order valence-electron chi connectivity index (χ2n) is 6.22. The molecular weight excluding hydrogens is 226 g/mol. The maximum absolute atomic E-state index is 3.83. The zero-order valence-electron chi connectivity index (χ0n) is 11.5. The SMILES string of the molecule is Cc1ccc(CC(C)NC2CCCC2(C)C)s1. The molecule has 17 heavy (non-hydrogen) atoms. The molecule has 1 saturated carbocycles. The summed E-state index contributed by atoms with van der Waals surface area (Å²) in [6.07, 6.45) is 5.27. The van der Waals surface area contributed by atoms with Crippen LogP contribution in [-0.2, 0) is 6.42 Å². The molecule has 2 atom stereocenters. The summed E-state index contributed by atoms with van der Waals surface area (Å²) in [6.45, 7) is 9.31. The van der Waals surface area contributed by atoms with E-state index in [1.54, 1.807) is 0 Å². The number of thiophene rings is 1. The van der Waals surface area contributed by atoms with Gasteiger partial charge in [-0.3, -0.25) is 0 Å². The quantitative estimate of drug-likeness (QED) is 0.847. The van der Waals surface area contributed by atoms with E-state index in [0.717, 1.165) is 0 Å². The van der Waals surface area contributed by atoms with Crippen molar-refractivity contribution in [1.82, 2.24) is 5.32 Å². The maximum atomic E-state index is 3.83. The summed E-state index contributed by atoms with van der Waals surface area (Å²) in [7, 11) is 0. The first-order valence-corrected chi connectivity index (χ1v) is 7.60. The molecule has 2 rings (SSSR count). The van der Waals surface area contributed by atoms with E-state index < -0.39 is 0 Å². The predicted molar refractivity (Wildman–Crippen MR) is 76.8 cm³/mol. The van der Waals surface area contributed by atoms with Gasteiger partial charge in [0, 0.05) is 21.8 Å². The lowest BCUT2D eigenvalue weighted by molar-refractivity contribution is 0.265. The van der Waals surface area contributed by atoms with Gasteiger partial charge in [-0.2, -0.15) is 0 Å². The van der Waals surface area contributed by atoms with Crippen LogP contribution in [0.3, 0.4) is 0 Å². The molecule has 2 unspecified atom stereocenters. The Morgan fingerprint density at radius 3 is 2.76 bits per heavy atom. The summed E-state index contributed by atoms with van der Waals surface area (Å²) >= 11 is 1.93. The van der Waals surface area contributed by atoms with Crippen molar-refractivity contribution >= 4 is 11.3 Å². The molecule has 0 aromatic carbocycles. The van der Waals surface area contributed by atoms with Gasteiger partial charge < -0.3 is 5.32 Å². The number of hydrogen-bond acceptors (Lipinski definition) is 2. The van der Waals surface area contributed by atoms with Crippen LogP contribution in [-0.4, -0.2) is 12.1 Å². The third kappa shape index (κ3) is 3.32. The Morgan fingerprint density at radius 1 is 1.47 bits per heavy atom. The Hall–Kier alpha value is -0.340. The van der Waals surface area contributed by atoms with Crippen LogP contribution in [0.1, 0.15) is 49.8 Å². The maximum Gasteiger partial charge on any atom is 0.0121 e. The Balaban J connectivity index is 1.87. The van der Waals surface area contributed by atoms with Crippen LogP contribution in [0.2, 0.25) is 0 Å². The van der Waals surface area contributed by atoms with Gasteiger partial charge in [0.25, 0.3) is 0 Å². The van der Waals surface area contributed by atoms with Crippen LogP contribution < -0.4 is 5.32 Å². The van der Waals surface area contributed by atoms with E-state index in [9.17, 15) is 0 Å². The smallest absolute Gasteiger partial charge is 0.0121 e. The van der Waals surface area contributed by atoms with Gasteiger partial charge >= 0.3 is 0 Å². The van der Waals surface area contributed by atoms with Crippen LogP contribution in [0, 0.1) is 12.3 Å². The van der Waals surface area contributed by atoms with E-state index >= 15 is 0 Å². The van der Waals surface area contributed by atoms with Gasteiger partial charge in [-0.25, -0.2) is 0 Å². The molecule has 1 aromatic rings. The minimum Gasteiger partial charge on any atom is -0.311 e. The molecular formula is C15H25NS. The molecule has 2 heteroatoms. The standard InChI is InChI=1S/C15H25NS/c1-11(10-13-8-7-12(2)17-13)16-14-6-5-9-15(14,3)4/h7-8,11,14,16H,5-6,9-10H2,1-4H3. The third-order valence-corrected chi connectivity index (χ3v) is 5.07. The monoisotopic (exact) mass is 251 g/mol. The van der Waals surface area contributed by atoms with Crippen molar-refractivity contribution in [1.29, 1.82) is 0 Å². The summed E-state index contributed by atoms with van der Waals surface area (Å²) in [5.41, 5.74) is 0.486. The van der Waals surface area contributed by atoms with E-state index in [4.69, 9.17) is 0 Å². The topological polar surface area (TPSA) is 12.0 Å². The molecule has 0 bridgehead atoms. The molecule has 0 amide bonds. The molecule has 1 N–H and O–H groups in total. The first-order valence-electron chi connectivity index (χ1n) is 6.79. The van der Waals surface area contributed by atoms with Crippen molar-refractivity contribution in [3.8, 4) is 0 Å². The van der Waals surface area contributed by atoms with Gasteiger partial charge in [0.15, 0.2) is 0 Å². The summed E-state index contributed by atoms with van der Waals surface area (Å²) in [5, 5.41) is 3.83. The van der Waals surface area contributed by atoms with E-state index in [2.05, 4.69) is 45.1 Å². The molecule has 1 aliphatic rings. The van der Waals surface area contributed by atoms with Gasteiger partial charge in [-0.05, 0) is 50.7 Å². The van der Waals surface area contributed by atoms with Crippen LogP contribution in [0.5, 0.6) is 0 Å². The molecule has 96 valence electrons. The number of rotatable bonds is 4. The van der Waals surface area contributed by atoms with Crippen molar-refractivity contribution < 1.29 is 0 Å². The minimum atomic E-state index is 0.486. The van der Waals surface area contributed by atoms with E-state index in [0.29, 0.717) is 17.5 Å². The van der Waals surface area contributed by atoms with Crippen molar-refractivity contribution in [2.24, 2.45) is 5.41 Å². The van der Waals surface area contributed by atoms with Crippen LogP contribution >= 0.6 is 11.3 Å². The number of hydrogen-bond donors (Lipinski definition) is 1. The largest absolute Gasteiger partial charge is 0.311 e. The Bertz CT molecular complexity index is 367. The predicted octanol–water partition coefficient (Wildman–Crippen LogP) is 4.16. The summed E-state index contributed by atoms with van der Waals surface area (Å²) < 4.78 is 0. The Labute approximate surface area is 110 Å². The lowest BCUT2D eigenvalue weighted by Gasteiger charge is -2.30. The summed E-state index contributed by atoms with van der Waals surface area (Å²) in [5.74, 6) is 0. The average Bonchev–Trinajstić information content (AvgIpc) is 2.74. The Morgan fingerprint density at radius 2 is 2.24 bits per heavy atom. The second-order valence-corrected chi connectivity index (χ2v) is 7.59. The zero-order valence-corrected chi connectivity index (χ0v) is 12.4. The van der Waals surface area contributed by atoms with Crippen molar-refractivity contribution in [2.45, 2.75) is 65.5 Å². The summed E-state index contributed by atoms with van der Waals surface area (Å²) in [4.78, 5) is 2.94. The van der Waals surface area contributed by atoms with Crippen LogP contribution in [0.4, 0.5) is 0 Å². The fourth-order valence-electron chi connectivity index (χ4n) is 2.93.